The Morgan fingerprint density at radius 1 is 1.00 bits per heavy atom. The summed E-state index contributed by atoms with van der Waals surface area (Å²) >= 11 is 29.9. The summed E-state index contributed by atoms with van der Waals surface area (Å²) in [5, 5.41) is 6.23. The summed E-state index contributed by atoms with van der Waals surface area (Å²) in [5.41, 5.74) is -0.890. The normalized spacial score (nSPS) is 18.8. The van der Waals surface area contributed by atoms with Gasteiger partial charge in [-0.15, -0.1) is 0 Å². The van der Waals surface area contributed by atoms with Crippen molar-refractivity contribution in [1.82, 2.24) is 10.2 Å². The van der Waals surface area contributed by atoms with Gasteiger partial charge in [0.05, 0.1) is 20.8 Å². The average Bonchev–Trinajstić information content (AvgIpc) is 2.83. The van der Waals surface area contributed by atoms with Gasteiger partial charge in [-0.1, -0.05) is 64.1 Å². The average molecular weight is 496 g/mol. The highest BCUT2D eigenvalue weighted by Crippen LogP contribution is 2.35. The molecule has 3 rings (SSSR count). The monoisotopic (exact) mass is 493 g/mol. The molecule has 0 bridgehead atoms. The minimum atomic E-state index is -1.44. The van der Waals surface area contributed by atoms with Crippen molar-refractivity contribution in [1.29, 1.82) is 0 Å². The molecular weight excluding hydrogens is 483 g/mol. The lowest BCUT2D eigenvalue weighted by Crippen LogP contribution is -2.42. The number of benzene rings is 2. The fourth-order valence-electron chi connectivity index (χ4n) is 2.87. The Labute approximate surface area is 191 Å². The Bertz CT molecular complexity index is 1050. The van der Waals surface area contributed by atoms with E-state index in [9.17, 15) is 14.4 Å². The maximum Gasteiger partial charge on any atom is 0.325 e. The second kappa shape index (κ2) is 8.20. The minimum absolute atomic E-state index is 0.155. The van der Waals surface area contributed by atoms with Gasteiger partial charge >= 0.3 is 6.03 Å². The van der Waals surface area contributed by atoms with E-state index >= 15 is 0 Å². The largest absolute Gasteiger partial charge is 0.325 e. The van der Waals surface area contributed by atoms with Crippen molar-refractivity contribution in [3.63, 3.8) is 0 Å². The van der Waals surface area contributed by atoms with Gasteiger partial charge in [-0.3, -0.25) is 14.5 Å². The molecule has 1 saturated heterocycles. The fourth-order valence-corrected chi connectivity index (χ4v) is 4.06. The Morgan fingerprint density at radius 3 is 2.31 bits per heavy atom. The molecule has 2 aromatic carbocycles. The van der Waals surface area contributed by atoms with E-state index in [1.54, 1.807) is 12.1 Å². The van der Waals surface area contributed by atoms with Gasteiger partial charge in [0.1, 0.15) is 12.1 Å². The lowest BCUT2D eigenvalue weighted by molar-refractivity contribution is -0.133. The molecule has 6 nitrogen and oxygen atoms in total. The number of urea groups is 1. The first-order valence-electron chi connectivity index (χ1n) is 8.07. The van der Waals surface area contributed by atoms with Crippen LogP contribution in [0.5, 0.6) is 0 Å². The van der Waals surface area contributed by atoms with Crippen molar-refractivity contribution in [2.45, 2.75) is 12.5 Å². The number of nitrogens with one attached hydrogen (secondary N) is 2. The van der Waals surface area contributed by atoms with Crippen LogP contribution >= 0.6 is 58.0 Å². The second-order valence-corrected chi connectivity index (χ2v) is 8.43. The smallest absolute Gasteiger partial charge is 0.323 e. The Balaban J connectivity index is 1.80. The number of anilines is 1. The zero-order valence-corrected chi connectivity index (χ0v) is 18.4. The van der Waals surface area contributed by atoms with E-state index in [1.807, 2.05) is 0 Å². The molecule has 1 aliphatic heterocycles. The second-order valence-electron chi connectivity index (χ2n) is 6.36. The van der Waals surface area contributed by atoms with Crippen LogP contribution in [0.3, 0.4) is 0 Å². The predicted molar refractivity (Wildman–Crippen MR) is 114 cm³/mol. The zero-order valence-electron chi connectivity index (χ0n) is 14.7. The van der Waals surface area contributed by atoms with Crippen LogP contribution in [0.4, 0.5) is 10.5 Å². The molecule has 0 radical (unpaired) electrons. The van der Waals surface area contributed by atoms with Gasteiger partial charge < -0.3 is 10.6 Å². The number of nitrogens with zero attached hydrogens (tertiary/aromatic N) is 1. The van der Waals surface area contributed by atoms with Crippen LogP contribution in [-0.2, 0) is 15.1 Å². The lowest BCUT2D eigenvalue weighted by Gasteiger charge is -2.23. The van der Waals surface area contributed by atoms with Crippen molar-refractivity contribution in [3.8, 4) is 0 Å². The molecule has 2 aromatic rings. The van der Waals surface area contributed by atoms with Crippen LogP contribution in [0.2, 0.25) is 25.1 Å². The van der Waals surface area contributed by atoms with Crippen LogP contribution in [0.25, 0.3) is 0 Å². The molecular formula is C18H12Cl5N3O3. The van der Waals surface area contributed by atoms with Crippen LogP contribution in [0.15, 0.2) is 30.3 Å². The number of imide groups is 1. The molecule has 1 unspecified atom stereocenters. The zero-order chi connectivity index (χ0) is 21.5. The first-order valence-corrected chi connectivity index (χ1v) is 9.96. The third-order valence-corrected chi connectivity index (χ3v) is 5.91. The highest BCUT2D eigenvalue weighted by Gasteiger charge is 2.50. The van der Waals surface area contributed by atoms with E-state index in [4.69, 9.17) is 58.0 Å². The summed E-state index contributed by atoms with van der Waals surface area (Å²) < 4.78 is 0. The molecule has 1 atom stereocenters. The van der Waals surface area contributed by atoms with Crippen molar-refractivity contribution >= 4 is 81.5 Å². The fraction of sp³-hybridized carbons (Fsp3) is 0.167. The summed E-state index contributed by atoms with van der Waals surface area (Å²) in [4.78, 5) is 38.5. The number of rotatable bonds is 4. The third-order valence-electron chi connectivity index (χ3n) is 4.33. The van der Waals surface area contributed by atoms with Gasteiger partial charge in [0.25, 0.3) is 5.91 Å². The van der Waals surface area contributed by atoms with Gasteiger partial charge in [-0.05, 0) is 31.2 Å². The number of carbonyl (C=O) groups is 3. The summed E-state index contributed by atoms with van der Waals surface area (Å²) in [7, 11) is 0. The molecule has 152 valence electrons. The third kappa shape index (κ3) is 4.27. The van der Waals surface area contributed by atoms with Crippen LogP contribution in [0, 0.1) is 0 Å². The van der Waals surface area contributed by atoms with E-state index in [-0.39, 0.29) is 25.8 Å². The highest BCUT2D eigenvalue weighted by atomic mass is 35.5. The van der Waals surface area contributed by atoms with Crippen LogP contribution in [-0.4, -0.2) is 29.3 Å². The predicted octanol–water partition coefficient (Wildman–Crippen LogP) is 5.36. The summed E-state index contributed by atoms with van der Waals surface area (Å²) in [6.45, 7) is 0.956. The first kappa shape index (κ1) is 22.0. The highest BCUT2D eigenvalue weighted by molar-refractivity contribution is 6.44. The molecule has 4 amide bonds. The molecule has 1 aliphatic rings. The molecule has 0 aromatic heterocycles. The van der Waals surface area contributed by atoms with E-state index in [1.165, 1.54) is 25.1 Å². The standard InChI is InChI=1S/C18H12Cl5N3O3/c1-18(9-3-2-8(19)4-10(9)20)16(28)26(17(29)25-18)7-15(27)24-14-6-12(22)11(21)5-13(14)23/h2-6H,7H2,1H3,(H,24,27)(H,25,29). The maximum absolute atomic E-state index is 12.9. The SMILES string of the molecule is CC1(c2ccc(Cl)cc2Cl)NC(=O)N(CC(=O)Nc2cc(Cl)c(Cl)cc2Cl)C1=O. The number of hydrogen-bond donors (Lipinski definition) is 2. The molecule has 1 fully saturated rings. The molecule has 0 spiro atoms. The summed E-state index contributed by atoms with van der Waals surface area (Å²) in [6, 6.07) is 6.56. The number of amides is 4. The summed E-state index contributed by atoms with van der Waals surface area (Å²) in [6.07, 6.45) is 0. The van der Waals surface area contributed by atoms with Crippen molar-refractivity contribution in [2.24, 2.45) is 0 Å². The quantitative estimate of drug-likeness (QED) is 0.443. The molecule has 0 saturated carbocycles. The Hall–Kier alpha value is -1.70. The van der Waals surface area contributed by atoms with Crippen molar-refractivity contribution in [2.75, 3.05) is 11.9 Å². The van der Waals surface area contributed by atoms with Gasteiger partial charge in [0.15, 0.2) is 0 Å². The Kier molecular flexibility index (Phi) is 6.22. The summed E-state index contributed by atoms with van der Waals surface area (Å²) in [5.74, 6) is -1.29. The topological polar surface area (TPSA) is 78.5 Å². The van der Waals surface area contributed by atoms with Crippen molar-refractivity contribution in [3.05, 3.63) is 61.0 Å². The molecule has 0 aliphatic carbocycles. The molecule has 1 heterocycles. The van der Waals surface area contributed by atoms with Gasteiger partial charge in [0, 0.05) is 15.6 Å². The maximum atomic E-state index is 12.9. The molecule has 29 heavy (non-hydrogen) atoms. The van der Waals surface area contributed by atoms with E-state index in [0.29, 0.717) is 10.6 Å². The lowest BCUT2D eigenvalue weighted by atomic mass is 9.92. The Morgan fingerprint density at radius 2 is 1.66 bits per heavy atom. The van der Waals surface area contributed by atoms with E-state index < -0.39 is 29.9 Å². The van der Waals surface area contributed by atoms with Crippen LogP contribution < -0.4 is 10.6 Å². The first-order chi connectivity index (χ1) is 13.5. The van der Waals surface area contributed by atoms with Crippen molar-refractivity contribution < 1.29 is 14.4 Å². The van der Waals surface area contributed by atoms with Gasteiger partial charge in [-0.2, -0.15) is 0 Å². The molecule has 11 heteroatoms. The number of carbonyl (C=O) groups excluding carboxylic acids is 3. The van der Waals surface area contributed by atoms with E-state index in [2.05, 4.69) is 10.6 Å². The van der Waals surface area contributed by atoms with Gasteiger partial charge in [-0.25, -0.2) is 4.79 Å². The van der Waals surface area contributed by atoms with E-state index in [0.717, 1.165) is 4.90 Å². The molecule has 2 N–H and O–H groups in total. The number of halogens is 5. The van der Waals surface area contributed by atoms with Crippen LogP contribution in [0.1, 0.15) is 12.5 Å². The van der Waals surface area contributed by atoms with Gasteiger partial charge in [0.2, 0.25) is 5.91 Å². The number of hydrogen-bond acceptors (Lipinski definition) is 3. The minimum Gasteiger partial charge on any atom is -0.323 e.